The average Bonchev–Trinajstić information content (AvgIpc) is 2.69. The van der Waals surface area contributed by atoms with E-state index in [1.807, 2.05) is 30.5 Å². The van der Waals surface area contributed by atoms with E-state index in [0.29, 0.717) is 6.42 Å². The maximum atomic E-state index is 10.5. The molecule has 3 nitrogen and oxygen atoms in total. The van der Waals surface area contributed by atoms with E-state index in [0.717, 1.165) is 16.5 Å². The maximum absolute atomic E-state index is 10.5. The number of benzene rings is 1. The number of hydrogen-bond acceptors (Lipinski definition) is 2. The lowest BCUT2D eigenvalue weighted by atomic mass is 9.98. The molecule has 0 saturated heterocycles. The number of para-hydroxylation sites is 1. The van der Waals surface area contributed by atoms with Crippen LogP contribution in [0.1, 0.15) is 17.9 Å². The lowest BCUT2D eigenvalue weighted by molar-refractivity contribution is 0.609. The Morgan fingerprint density at radius 1 is 1.31 bits per heavy atom. The molecule has 4 heteroatoms. The molecular formula is C12H14NO2S. The summed E-state index contributed by atoms with van der Waals surface area (Å²) in [7, 11) is -2.30. The fourth-order valence-electron chi connectivity index (χ4n) is 1.85. The number of rotatable bonds is 4. The minimum atomic E-state index is -2.30. The molecule has 1 N–H and O–H groups in total. The number of fused-ring (bicyclic) bond motifs is 1. The molecule has 1 atom stereocenters. The summed E-state index contributed by atoms with van der Waals surface area (Å²) in [5.74, 6) is 0.215. The molecule has 0 aliphatic rings. The molecule has 2 aromatic rings. The van der Waals surface area contributed by atoms with Crippen molar-refractivity contribution < 1.29 is 8.42 Å². The summed E-state index contributed by atoms with van der Waals surface area (Å²) < 4.78 is 21.1. The smallest absolute Gasteiger partial charge is 0.140 e. The first kappa shape index (κ1) is 11.2. The summed E-state index contributed by atoms with van der Waals surface area (Å²) in [4.78, 5) is 3.17. The Labute approximate surface area is 96.4 Å². The van der Waals surface area contributed by atoms with Crippen molar-refractivity contribution in [3.05, 3.63) is 42.9 Å². The Kier molecular flexibility index (Phi) is 3.29. The van der Waals surface area contributed by atoms with Gasteiger partial charge in [0, 0.05) is 22.9 Å². The molecular weight excluding hydrogens is 222 g/mol. The molecule has 0 fully saturated rings. The third kappa shape index (κ3) is 2.27. The Balaban J connectivity index is 2.25. The largest absolute Gasteiger partial charge is 0.361 e. The molecule has 1 heterocycles. The van der Waals surface area contributed by atoms with Crippen LogP contribution in [0.25, 0.3) is 10.9 Å². The number of aromatic nitrogens is 1. The number of H-pyrrole nitrogens is 1. The Morgan fingerprint density at radius 2 is 2.06 bits per heavy atom. The van der Waals surface area contributed by atoms with Gasteiger partial charge in [-0.05, 0) is 30.9 Å². The molecule has 0 aliphatic carbocycles. The highest BCUT2D eigenvalue weighted by Gasteiger charge is 2.10. The highest BCUT2D eigenvalue weighted by atomic mass is 32.2. The number of nitrogens with one attached hydrogen (secondary N) is 1. The van der Waals surface area contributed by atoms with Crippen molar-refractivity contribution in [2.75, 3.05) is 5.75 Å². The lowest BCUT2D eigenvalue weighted by Gasteiger charge is -2.07. The van der Waals surface area contributed by atoms with Gasteiger partial charge < -0.3 is 4.98 Å². The summed E-state index contributed by atoms with van der Waals surface area (Å²) in [5.41, 5.74) is 2.16. The molecule has 1 unspecified atom stereocenters. The second-order valence-corrected chi connectivity index (χ2v) is 4.94. The average molecular weight is 236 g/mol. The predicted octanol–water partition coefficient (Wildman–Crippen LogP) is 2.09. The minimum absolute atomic E-state index is 0.0176. The third-order valence-corrected chi connectivity index (χ3v) is 3.34. The zero-order valence-electron chi connectivity index (χ0n) is 8.85. The van der Waals surface area contributed by atoms with Gasteiger partial charge in [-0.25, -0.2) is 8.42 Å². The van der Waals surface area contributed by atoms with Gasteiger partial charge in [0.05, 0.1) is 0 Å². The molecule has 0 bridgehead atoms. The van der Waals surface area contributed by atoms with Gasteiger partial charge in [0.25, 0.3) is 0 Å². The Morgan fingerprint density at radius 3 is 2.81 bits per heavy atom. The third-order valence-electron chi connectivity index (χ3n) is 2.72. The van der Waals surface area contributed by atoms with E-state index in [-0.39, 0.29) is 11.7 Å². The first-order valence-corrected chi connectivity index (χ1v) is 6.55. The van der Waals surface area contributed by atoms with Gasteiger partial charge >= 0.3 is 0 Å². The molecule has 1 aromatic heterocycles. The van der Waals surface area contributed by atoms with E-state index < -0.39 is 10.7 Å². The Bertz CT molecular complexity index is 549. The summed E-state index contributed by atoms with van der Waals surface area (Å²) in [5, 5.41) is 1.13. The van der Waals surface area contributed by atoms with Gasteiger partial charge in [-0.3, -0.25) is 0 Å². The molecule has 0 spiro atoms. The van der Waals surface area contributed by atoms with E-state index in [9.17, 15) is 8.42 Å². The SMILES string of the molecule is [CH2]C(CC[SH](=O)=O)c1c[nH]c2ccccc12. The van der Waals surface area contributed by atoms with Gasteiger partial charge in [0.15, 0.2) is 0 Å². The van der Waals surface area contributed by atoms with Gasteiger partial charge in [0.1, 0.15) is 10.7 Å². The topological polar surface area (TPSA) is 49.9 Å². The van der Waals surface area contributed by atoms with Gasteiger partial charge in [0.2, 0.25) is 0 Å². The first-order chi connectivity index (χ1) is 7.68. The second kappa shape index (κ2) is 4.70. The van der Waals surface area contributed by atoms with Crippen molar-refractivity contribution in [2.24, 2.45) is 0 Å². The zero-order valence-corrected chi connectivity index (χ0v) is 9.74. The predicted molar refractivity (Wildman–Crippen MR) is 66.2 cm³/mol. The van der Waals surface area contributed by atoms with Crippen molar-refractivity contribution in [1.29, 1.82) is 0 Å². The lowest BCUT2D eigenvalue weighted by Crippen LogP contribution is -1.97. The van der Waals surface area contributed by atoms with E-state index in [2.05, 4.69) is 11.9 Å². The van der Waals surface area contributed by atoms with Crippen LogP contribution in [0.2, 0.25) is 0 Å². The van der Waals surface area contributed by atoms with Crippen molar-refractivity contribution in [2.45, 2.75) is 12.3 Å². The number of thiol groups is 1. The van der Waals surface area contributed by atoms with Crippen LogP contribution < -0.4 is 0 Å². The van der Waals surface area contributed by atoms with Crippen LogP contribution in [-0.4, -0.2) is 19.2 Å². The normalized spacial score (nSPS) is 13.4. The van der Waals surface area contributed by atoms with Crippen LogP contribution in [0, 0.1) is 6.92 Å². The van der Waals surface area contributed by atoms with E-state index >= 15 is 0 Å². The fraction of sp³-hybridized carbons (Fsp3) is 0.250. The number of hydrogen-bond donors (Lipinski definition) is 2. The van der Waals surface area contributed by atoms with Gasteiger partial charge in [-0.15, -0.1) is 0 Å². The van der Waals surface area contributed by atoms with Crippen LogP contribution in [0.3, 0.4) is 0 Å². The Hall–Kier alpha value is -1.29. The molecule has 0 saturated carbocycles. The van der Waals surface area contributed by atoms with Crippen LogP contribution in [0.4, 0.5) is 0 Å². The fourth-order valence-corrected chi connectivity index (χ4v) is 2.37. The summed E-state index contributed by atoms with van der Waals surface area (Å²) in [6.45, 7) is 4.02. The van der Waals surface area contributed by atoms with Crippen molar-refractivity contribution in [3.63, 3.8) is 0 Å². The molecule has 85 valence electrons. The first-order valence-electron chi connectivity index (χ1n) is 5.19. The van der Waals surface area contributed by atoms with Gasteiger partial charge in [-0.1, -0.05) is 18.2 Å². The quantitative estimate of drug-likeness (QED) is 0.799. The standard InChI is InChI=1S/C12H14NO2S/c1-9(6-7-16(14)15)11-8-13-12-5-3-2-4-10(11)12/h2-5,8-9,13,16H,1,6-7H2. The van der Waals surface area contributed by atoms with Crippen LogP contribution in [-0.2, 0) is 10.7 Å². The molecule has 1 aromatic carbocycles. The van der Waals surface area contributed by atoms with Crippen molar-refractivity contribution in [3.8, 4) is 0 Å². The van der Waals surface area contributed by atoms with E-state index in [4.69, 9.17) is 0 Å². The van der Waals surface area contributed by atoms with Crippen LogP contribution >= 0.6 is 0 Å². The summed E-state index contributed by atoms with van der Waals surface area (Å²) in [6.07, 6.45) is 2.49. The maximum Gasteiger partial charge on any atom is 0.140 e. The van der Waals surface area contributed by atoms with Crippen molar-refractivity contribution >= 4 is 21.6 Å². The highest BCUT2D eigenvalue weighted by molar-refractivity contribution is 7.72. The van der Waals surface area contributed by atoms with Crippen LogP contribution in [0.15, 0.2) is 30.5 Å². The number of aromatic amines is 1. The zero-order chi connectivity index (χ0) is 11.5. The molecule has 1 radical (unpaired) electrons. The van der Waals surface area contributed by atoms with E-state index in [1.54, 1.807) is 0 Å². The minimum Gasteiger partial charge on any atom is -0.361 e. The summed E-state index contributed by atoms with van der Waals surface area (Å²) in [6, 6.07) is 7.96. The van der Waals surface area contributed by atoms with Crippen molar-refractivity contribution in [1.82, 2.24) is 4.98 Å². The highest BCUT2D eigenvalue weighted by Crippen LogP contribution is 2.26. The molecule has 0 amide bonds. The molecule has 2 rings (SSSR count). The molecule has 0 aliphatic heterocycles. The summed E-state index contributed by atoms with van der Waals surface area (Å²) >= 11 is 0. The second-order valence-electron chi connectivity index (χ2n) is 3.83. The monoisotopic (exact) mass is 236 g/mol. The van der Waals surface area contributed by atoms with E-state index in [1.165, 1.54) is 0 Å². The van der Waals surface area contributed by atoms with Gasteiger partial charge in [-0.2, -0.15) is 0 Å². The van der Waals surface area contributed by atoms with Crippen LogP contribution in [0.5, 0.6) is 0 Å². The molecule has 16 heavy (non-hydrogen) atoms.